The number of carbonyl (C=O) groups excluding carboxylic acids is 2. The van der Waals surface area contributed by atoms with Crippen molar-refractivity contribution in [2.45, 2.75) is 44.4 Å². The van der Waals surface area contributed by atoms with Crippen LogP contribution in [0.3, 0.4) is 0 Å². The van der Waals surface area contributed by atoms with Crippen LogP contribution in [-0.2, 0) is 16.9 Å². The van der Waals surface area contributed by atoms with Gasteiger partial charge in [-0.15, -0.1) is 0 Å². The predicted molar refractivity (Wildman–Crippen MR) is 147 cm³/mol. The van der Waals surface area contributed by atoms with Crippen molar-refractivity contribution in [1.29, 1.82) is 0 Å². The van der Waals surface area contributed by atoms with Gasteiger partial charge in [-0.05, 0) is 40.2 Å². The van der Waals surface area contributed by atoms with Crippen LogP contribution >= 0.6 is 43.5 Å². The van der Waals surface area contributed by atoms with Crippen molar-refractivity contribution < 1.29 is 27.5 Å². The predicted octanol–water partition coefficient (Wildman–Crippen LogP) is 7.83. The Labute approximate surface area is 240 Å². The highest BCUT2D eigenvalue weighted by Gasteiger charge is 2.36. The van der Waals surface area contributed by atoms with E-state index in [4.69, 9.17) is 16.3 Å². The van der Waals surface area contributed by atoms with E-state index >= 15 is 0 Å². The third-order valence-electron chi connectivity index (χ3n) is 4.77. The first-order valence-electron chi connectivity index (χ1n) is 10.9. The number of amides is 2. The molecule has 0 atom stereocenters. The molecule has 0 saturated heterocycles. The quantitative estimate of drug-likeness (QED) is 0.283. The van der Waals surface area contributed by atoms with Gasteiger partial charge < -0.3 is 4.74 Å². The summed E-state index contributed by atoms with van der Waals surface area (Å²) < 4.78 is 51.2. The minimum Gasteiger partial charge on any atom is -0.391 e. The molecule has 0 saturated carbocycles. The Morgan fingerprint density at radius 1 is 1.16 bits per heavy atom. The van der Waals surface area contributed by atoms with Gasteiger partial charge in [-0.1, -0.05) is 65.9 Å². The fourth-order valence-corrected chi connectivity index (χ4v) is 6.58. The number of benzene rings is 1. The molecule has 0 fully saturated rings. The Kier molecular flexibility index (Phi) is 9.76. The molecule has 2 amide bonds. The van der Waals surface area contributed by atoms with Gasteiger partial charge in [-0.3, -0.25) is 10.1 Å². The molecule has 0 aliphatic heterocycles. The number of ether oxygens (including phenoxy) is 1. The third kappa shape index (κ3) is 7.21. The summed E-state index contributed by atoms with van der Waals surface area (Å²) in [7, 11) is -0.593. The van der Waals surface area contributed by atoms with Crippen molar-refractivity contribution in [3.8, 4) is 11.7 Å². The number of alkyl halides is 3. The maximum absolute atomic E-state index is 13.4. The van der Waals surface area contributed by atoms with E-state index in [1.165, 1.54) is 24.4 Å². The van der Waals surface area contributed by atoms with E-state index in [0.29, 0.717) is 19.7 Å². The average Bonchev–Trinajstić information content (AvgIpc) is 3.22. The Bertz CT molecular complexity index is 1400. The maximum atomic E-state index is 13.4. The highest BCUT2D eigenvalue weighted by Crippen LogP contribution is 2.35. The Morgan fingerprint density at radius 2 is 1.82 bits per heavy atom. The molecule has 0 radical (unpaired) electrons. The molecular weight excluding hydrogens is 679 g/mol. The molecule has 0 unspecified atom stereocenters. The van der Waals surface area contributed by atoms with E-state index in [2.05, 4.69) is 51.6 Å². The third-order valence-corrected chi connectivity index (χ3v) is 8.46. The lowest BCUT2D eigenvalue weighted by atomic mass is 10.1. The average molecular weight is 700 g/mol. The van der Waals surface area contributed by atoms with E-state index in [0.717, 1.165) is 0 Å². The highest BCUT2D eigenvalue weighted by atomic mass is 79.9. The molecule has 2 heterocycles. The van der Waals surface area contributed by atoms with E-state index < -0.39 is 40.4 Å². The number of pyridine rings is 1. The van der Waals surface area contributed by atoms with E-state index in [1.54, 1.807) is 6.07 Å². The molecule has 38 heavy (non-hydrogen) atoms. The van der Waals surface area contributed by atoms with Gasteiger partial charge in [0, 0.05) is 31.7 Å². The molecule has 0 aliphatic carbocycles. The van der Waals surface area contributed by atoms with Gasteiger partial charge in [0.25, 0.3) is 5.91 Å². The zero-order chi connectivity index (χ0) is 28.4. The van der Waals surface area contributed by atoms with E-state index in [-0.39, 0.29) is 32.6 Å². The first kappa shape index (κ1) is 30.3. The fourth-order valence-electron chi connectivity index (χ4n) is 3.25. The van der Waals surface area contributed by atoms with Crippen LogP contribution in [-0.4, -0.2) is 37.3 Å². The fraction of sp³-hybridized carbons (Fsp3) is 0.304. The minimum atomic E-state index is -4.83. The lowest BCUT2D eigenvalue weighted by molar-refractivity contribution is -0.141. The van der Waals surface area contributed by atoms with Crippen LogP contribution in [0.1, 0.15) is 43.7 Å². The molecule has 0 spiro atoms. The van der Waals surface area contributed by atoms with Crippen molar-refractivity contribution in [1.82, 2.24) is 14.8 Å². The summed E-state index contributed by atoms with van der Waals surface area (Å²) in [5.74, 6) is -1.35. The lowest BCUT2D eigenvalue weighted by Crippen LogP contribution is -2.21. The van der Waals surface area contributed by atoms with Gasteiger partial charge in [0.1, 0.15) is 0 Å². The molecule has 2 aromatic heterocycles. The molecular formula is C23H21Br2ClF3N5O3S. The van der Waals surface area contributed by atoms with Gasteiger partial charge in [0.15, 0.2) is 11.5 Å². The standard InChI is InChI=1S/C23H21Br2ClF3N5O3S/c1-11(2)38(12(3)4)33-21(35)14-8-13(24)9-15(25)19(14)31-22(36)37-18-10-17(23(27,28)29)32-34(18)20-16(26)6-5-7-30-20/h5-12H,1-4H3,(H,31,36). The van der Waals surface area contributed by atoms with E-state index in [9.17, 15) is 22.8 Å². The van der Waals surface area contributed by atoms with Crippen molar-refractivity contribution >= 4 is 71.8 Å². The summed E-state index contributed by atoms with van der Waals surface area (Å²) in [6, 6.07) is 6.47. The molecule has 15 heteroatoms. The van der Waals surface area contributed by atoms with Gasteiger partial charge in [0.2, 0.25) is 5.88 Å². The highest BCUT2D eigenvalue weighted by molar-refractivity contribution is 9.11. The Balaban J connectivity index is 2.00. The minimum absolute atomic E-state index is 0.0228. The van der Waals surface area contributed by atoms with Crippen LogP contribution in [0.4, 0.5) is 23.7 Å². The number of anilines is 1. The normalized spacial score (nSPS) is 11.8. The SMILES string of the molecule is CC(C)S(=NC(=O)c1cc(Br)cc(Br)c1NC(=O)Oc1cc(C(F)(F)F)nn1-c1ncccc1Cl)C(C)C. The van der Waals surface area contributed by atoms with Crippen molar-refractivity contribution in [3.05, 3.63) is 61.8 Å². The molecule has 0 aliphatic rings. The van der Waals surface area contributed by atoms with E-state index in [1.807, 2.05) is 27.7 Å². The zero-order valence-corrected chi connectivity index (χ0v) is 25.1. The maximum Gasteiger partial charge on any atom is 0.435 e. The molecule has 1 N–H and O–H groups in total. The molecule has 3 rings (SSSR count). The second-order valence-corrected chi connectivity index (χ2v) is 13.2. The first-order chi connectivity index (χ1) is 17.7. The van der Waals surface area contributed by atoms with Crippen LogP contribution in [0.2, 0.25) is 5.02 Å². The number of hydrogen-bond acceptors (Lipinski definition) is 5. The molecule has 3 aromatic rings. The number of hydrogen-bond donors (Lipinski definition) is 1. The van der Waals surface area contributed by atoms with Crippen LogP contribution in [0, 0.1) is 0 Å². The van der Waals surface area contributed by atoms with Gasteiger partial charge in [0.05, 0.1) is 16.3 Å². The molecule has 0 bridgehead atoms. The van der Waals surface area contributed by atoms with Crippen LogP contribution in [0.15, 0.2) is 49.8 Å². The molecule has 8 nitrogen and oxygen atoms in total. The van der Waals surface area contributed by atoms with Crippen LogP contribution in [0.5, 0.6) is 5.88 Å². The number of rotatable bonds is 6. The Morgan fingerprint density at radius 3 is 2.39 bits per heavy atom. The topological polar surface area (TPSA) is 98.5 Å². The summed E-state index contributed by atoms with van der Waals surface area (Å²) in [4.78, 5) is 30.0. The molecule has 204 valence electrons. The van der Waals surface area contributed by atoms with Crippen molar-refractivity contribution in [2.75, 3.05) is 5.32 Å². The lowest BCUT2D eigenvalue weighted by Gasteiger charge is -2.16. The number of nitrogens with one attached hydrogen (secondary N) is 1. The van der Waals surface area contributed by atoms with Gasteiger partial charge >= 0.3 is 12.3 Å². The summed E-state index contributed by atoms with van der Waals surface area (Å²) in [5.41, 5.74) is -1.24. The monoisotopic (exact) mass is 697 g/mol. The van der Waals surface area contributed by atoms with Crippen molar-refractivity contribution in [3.63, 3.8) is 0 Å². The van der Waals surface area contributed by atoms with Crippen LogP contribution in [0.25, 0.3) is 5.82 Å². The Hall–Kier alpha value is -2.29. The summed E-state index contributed by atoms with van der Waals surface area (Å²) >= 11 is 12.7. The smallest absolute Gasteiger partial charge is 0.391 e. The number of halogens is 6. The van der Waals surface area contributed by atoms with Gasteiger partial charge in [-0.25, -0.2) is 9.78 Å². The number of carbonyl (C=O) groups is 2. The summed E-state index contributed by atoms with van der Waals surface area (Å²) in [6.07, 6.45) is -4.72. The largest absolute Gasteiger partial charge is 0.435 e. The van der Waals surface area contributed by atoms with Crippen molar-refractivity contribution in [2.24, 2.45) is 4.36 Å². The second-order valence-electron chi connectivity index (χ2n) is 8.25. The first-order valence-corrected chi connectivity index (χ1v) is 14.2. The number of aromatic nitrogens is 3. The van der Waals surface area contributed by atoms with Gasteiger partial charge in [-0.2, -0.15) is 27.3 Å². The molecule has 1 aromatic carbocycles. The zero-order valence-electron chi connectivity index (χ0n) is 20.3. The second kappa shape index (κ2) is 12.3. The van der Waals surface area contributed by atoms with Crippen LogP contribution < -0.4 is 10.1 Å². The number of nitrogens with zero attached hydrogens (tertiary/aromatic N) is 4. The summed E-state index contributed by atoms with van der Waals surface area (Å²) in [6.45, 7) is 7.83. The summed E-state index contributed by atoms with van der Waals surface area (Å²) in [5, 5.41) is 6.09.